The average Bonchev–Trinajstić information content (AvgIpc) is 3.36. The molecule has 0 unspecified atom stereocenters. The molecule has 1 N–H and O–H groups in total. The predicted molar refractivity (Wildman–Crippen MR) is 107 cm³/mol. The van der Waals surface area contributed by atoms with Crippen molar-refractivity contribution in [1.29, 1.82) is 0 Å². The summed E-state index contributed by atoms with van der Waals surface area (Å²) in [5, 5.41) is 3.88. The minimum atomic E-state index is -0.556. The van der Waals surface area contributed by atoms with Gasteiger partial charge in [0.05, 0.1) is 16.3 Å². The summed E-state index contributed by atoms with van der Waals surface area (Å²) >= 11 is 1.67. The van der Waals surface area contributed by atoms with Gasteiger partial charge in [0.15, 0.2) is 6.10 Å². The Morgan fingerprint density at radius 3 is 2.85 bits per heavy atom. The van der Waals surface area contributed by atoms with E-state index in [4.69, 9.17) is 9.47 Å². The van der Waals surface area contributed by atoms with Crippen LogP contribution in [0.1, 0.15) is 19.8 Å². The van der Waals surface area contributed by atoms with Gasteiger partial charge in [-0.3, -0.25) is 4.79 Å². The van der Waals surface area contributed by atoms with Gasteiger partial charge in [-0.2, -0.15) is 0 Å². The molecule has 0 aliphatic carbocycles. The molecule has 1 saturated heterocycles. The number of hydrogen-bond donors (Lipinski definition) is 1. The zero-order valence-corrected chi connectivity index (χ0v) is 16.0. The van der Waals surface area contributed by atoms with Crippen LogP contribution in [0.3, 0.4) is 0 Å². The third-order valence-electron chi connectivity index (χ3n) is 4.61. The predicted octanol–water partition coefficient (Wildman–Crippen LogP) is 4.03. The van der Waals surface area contributed by atoms with E-state index < -0.39 is 6.10 Å². The molecule has 0 spiro atoms. The Morgan fingerprint density at radius 2 is 2.11 bits per heavy atom. The number of benzene rings is 2. The number of nitrogens with one attached hydrogen (secondary N) is 1. The van der Waals surface area contributed by atoms with Crippen LogP contribution in [0, 0.1) is 0 Å². The van der Waals surface area contributed by atoms with Crippen molar-refractivity contribution in [3.63, 3.8) is 0 Å². The van der Waals surface area contributed by atoms with Crippen LogP contribution in [0.5, 0.6) is 5.75 Å². The summed E-state index contributed by atoms with van der Waals surface area (Å²) in [6.07, 6.45) is 1.64. The molecule has 2 heterocycles. The Labute approximate surface area is 162 Å². The fourth-order valence-electron chi connectivity index (χ4n) is 3.09. The Hall–Kier alpha value is -2.44. The molecule has 1 amide bonds. The molecule has 1 aromatic heterocycles. The van der Waals surface area contributed by atoms with Crippen LogP contribution in [0.15, 0.2) is 48.5 Å². The summed E-state index contributed by atoms with van der Waals surface area (Å²) < 4.78 is 12.5. The van der Waals surface area contributed by atoms with E-state index in [9.17, 15) is 4.79 Å². The number of thiazole rings is 1. The first-order chi connectivity index (χ1) is 13.2. The number of carbonyl (C=O) groups excluding carboxylic acids is 1. The fraction of sp³-hybridized carbons (Fsp3) is 0.333. The lowest BCUT2D eigenvalue weighted by atomic mass is 10.2. The molecule has 1 aliphatic heterocycles. The van der Waals surface area contributed by atoms with Crippen molar-refractivity contribution in [2.75, 3.05) is 13.2 Å². The van der Waals surface area contributed by atoms with Crippen molar-refractivity contribution >= 4 is 27.5 Å². The minimum Gasteiger partial charge on any atom is -0.481 e. The van der Waals surface area contributed by atoms with E-state index in [-0.39, 0.29) is 12.0 Å². The SMILES string of the molecule is C[C@@H](Oc1ccc(-c2nc3ccccc3s2)cc1)C(=O)NC[C@@H]1CCCO1. The fourth-order valence-corrected chi connectivity index (χ4v) is 4.06. The van der Waals surface area contributed by atoms with Gasteiger partial charge in [0.2, 0.25) is 0 Å². The molecule has 0 saturated carbocycles. The van der Waals surface area contributed by atoms with Crippen molar-refractivity contribution in [2.24, 2.45) is 0 Å². The zero-order valence-electron chi connectivity index (χ0n) is 15.2. The number of fused-ring (bicyclic) bond motifs is 1. The molecule has 2 aromatic carbocycles. The van der Waals surface area contributed by atoms with Gasteiger partial charge in [0, 0.05) is 18.7 Å². The Morgan fingerprint density at radius 1 is 1.30 bits per heavy atom. The summed E-state index contributed by atoms with van der Waals surface area (Å²) in [6, 6.07) is 15.8. The van der Waals surface area contributed by atoms with Gasteiger partial charge in [-0.1, -0.05) is 12.1 Å². The normalized spacial score (nSPS) is 17.7. The molecule has 0 radical (unpaired) electrons. The van der Waals surface area contributed by atoms with Gasteiger partial charge in [-0.15, -0.1) is 11.3 Å². The lowest BCUT2D eigenvalue weighted by molar-refractivity contribution is -0.127. The largest absolute Gasteiger partial charge is 0.481 e. The van der Waals surface area contributed by atoms with E-state index in [0.717, 1.165) is 35.5 Å². The summed E-state index contributed by atoms with van der Waals surface area (Å²) in [7, 11) is 0. The lowest BCUT2D eigenvalue weighted by Crippen LogP contribution is -2.40. The topological polar surface area (TPSA) is 60.5 Å². The van der Waals surface area contributed by atoms with Crippen LogP contribution >= 0.6 is 11.3 Å². The molecular weight excluding hydrogens is 360 g/mol. The highest BCUT2D eigenvalue weighted by molar-refractivity contribution is 7.21. The van der Waals surface area contributed by atoms with Crippen molar-refractivity contribution in [2.45, 2.75) is 32.0 Å². The van der Waals surface area contributed by atoms with E-state index in [2.05, 4.69) is 16.4 Å². The van der Waals surface area contributed by atoms with E-state index >= 15 is 0 Å². The number of hydrogen-bond acceptors (Lipinski definition) is 5. The lowest BCUT2D eigenvalue weighted by Gasteiger charge is -2.16. The molecule has 4 rings (SSSR count). The van der Waals surface area contributed by atoms with Crippen LogP contribution in [-0.4, -0.2) is 36.3 Å². The van der Waals surface area contributed by atoms with Crippen molar-refractivity contribution in [3.8, 4) is 16.3 Å². The average molecular weight is 382 g/mol. The smallest absolute Gasteiger partial charge is 0.260 e. The van der Waals surface area contributed by atoms with Crippen LogP contribution < -0.4 is 10.1 Å². The number of nitrogens with zero attached hydrogens (tertiary/aromatic N) is 1. The van der Waals surface area contributed by atoms with Crippen LogP contribution in [0.2, 0.25) is 0 Å². The molecule has 1 aliphatic rings. The summed E-state index contributed by atoms with van der Waals surface area (Å²) in [6.45, 7) is 3.09. The molecule has 6 heteroatoms. The second-order valence-electron chi connectivity index (χ2n) is 6.65. The first-order valence-electron chi connectivity index (χ1n) is 9.21. The molecule has 5 nitrogen and oxygen atoms in total. The molecule has 0 bridgehead atoms. The maximum absolute atomic E-state index is 12.2. The maximum atomic E-state index is 12.2. The molecule has 27 heavy (non-hydrogen) atoms. The quantitative estimate of drug-likeness (QED) is 0.699. The van der Waals surface area contributed by atoms with Gasteiger partial charge < -0.3 is 14.8 Å². The van der Waals surface area contributed by atoms with E-state index in [1.54, 1.807) is 18.3 Å². The Kier molecular flexibility index (Phi) is 5.36. The highest BCUT2D eigenvalue weighted by Gasteiger charge is 2.19. The zero-order chi connectivity index (χ0) is 18.6. The van der Waals surface area contributed by atoms with E-state index in [1.807, 2.05) is 42.5 Å². The summed E-state index contributed by atoms with van der Waals surface area (Å²) in [4.78, 5) is 16.9. The molecule has 3 aromatic rings. The monoisotopic (exact) mass is 382 g/mol. The standard InChI is InChI=1S/C21H22N2O3S/c1-14(20(24)22-13-17-5-4-12-25-17)26-16-10-8-15(9-11-16)21-23-18-6-2-3-7-19(18)27-21/h2-3,6-11,14,17H,4-5,12-13H2,1H3,(H,22,24)/t14-,17+/m1/s1. The first-order valence-corrected chi connectivity index (χ1v) is 10.0. The number of amides is 1. The summed E-state index contributed by atoms with van der Waals surface area (Å²) in [5.41, 5.74) is 2.05. The van der Waals surface area contributed by atoms with Gasteiger partial charge in [0.1, 0.15) is 10.8 Å². The number of ether oxygens (including phenoxy) is 2. The van der Waals surface area contributed by atoms with Gasteiger partial charge in [0.25, 0.3) is 5.91 Å². The second-order valence-corrected chi connectivity index (χ2v) is 7.68. The van der Waals surface area contributed by atoms with Crippen LogP contribution in [0.25, 0.3) is 20.8 Å². The van der Waals surface area contributed by atoms with Crippen molar-refractivity contribution in [3.05, 3.63) is 48.5 Å². The van der Waals surface area contributed by atoms with Crippen LogP contribution in [-0.2, 0) is 9.53 Å². The molecule has 2 atom stereocenters. The van der Waals surface area contributed by atoms with Gasteiger partial charge >= 0.3 is 0 Å². The first kappa shape index (κ1) is 17.9. The van der Waals surface area contributed by atoms with Crippen molar-refractivity contribution < 1.29 is 14.3 Å². The Balaban J connectivity index is 1.36. The molecule has 1 fully saturated rings. The van der Waals surface area contributed by atoms with E-state index in [1.165, 1.54) is 4.70 Å². The number of rotatable bonds is 6. The minimum absolute atomic E-state index is 0.124. The number of aromatic nitrogens is 1. The van der Waals surface area contributed by atoms with Crippen LogP contribution in [0.4, 0.5) is 0 Å². The third kappa shape index (κ3) is 4.28. The highest BCUT2D eigenvalue weighted by Crippen LogP contribution is 2.31. The highest BCUT2D eigenvalue weighted by atomic mass is 32.1. The number of para-hydroxylation sites is 1. The van der Waals surface area contributed by atoms with Crippen molar-refractivity contribution in [1.82, 2.24) is 10.3 Å². The second kappa shape index (κ2) is 8.06. The summed E-state index contributed by atoms with van der Waals surface area (Å²) in [5.74, 6) is 0.542. The van der Waals surface area contributed by atoms with E-state index in [0.29, 0.717) is 12.3 Å². The Bertz CT molecular complexity index is 884. The molecule has 140 valence electrons. The number of carbonyl (C=O) groups is 1. The molecular formula is C21H22N2O3S. The van der Waals surface area contributed by atoms with Gasteiger partial charge in [-0.25, -0.2) is 4.98 Å². The maximum Gasteiger partial charge on any atom is 0.260 e. The van der Waals surface area contributed by atoms with Gasteiger partial charge in [-0.05, 0) is 56.2 Å². The third-order valence-corrected chi connectivity index (χ3v) is 5.69.